The van der Waals surface area contributed by atoms with Crippen LogP contribution in [0.2, 0.25) is 0 Å². The Labute approximate surface area is 151 Å². The second kappa shape index (κ2) is 7.58. The number of carbonyl (C=O) groups excluding carboxylic acids is 2. The lowest BCUT2D eigenvalue weighted by molar-refractivity contribution is -0.167. The molecule has 0 saturated heterocycles. The lowest BCUT2D eigenvalue weighted by atomic mass is 9.92. The topological polar surface area (TPSA) is 71.1 Å². The van der Waals surface area contributed by atoms with Crippen molar-refractivity contribution in [3.8, 4) is 11.5 Å². The zero-order valence-electron chi connectivity index (χ0n) is 14.8. The van der Waals surface area contributed by atoms with Crippen molar-refractivity contribution in [1.82, 2.24) is 0 Å². The molecule has 26 heavy (non-hydrogen) atoms. The standard InChI is InChI=1S/C20H20O6/c1-12(21)24-15-10-8-14(9-11-15)18-20(25-13(2)22)19(23-3)16-6-4-5-7-17(16)26-18/h4-11,18-20H,1-3H3. The van der Waals surface area contributed by atoms with Crippen LogP contribution >= 0.6 is 0 Å². The predicted molar refractivity (Wildman–Crippen MR) is 92.9 cm³/mol. The molecule has 3 atom stereocenters. The van der Waals surface area contributed by atoms with Crippen molar-refractivity contribution in [2.45, 2.75) is 32.2 Å². The number of hydrogen-bond donors (Lipinski definition) is 0. The highest BCUT2D eigenvalue weighted by Gasteiger charge is 2.41. The number of fused-ring (bicyclic) bond motifs is 1. The predicted octanol–water partition coefficient (Wildman–Crippen LogP) is 3.36. The second-order valence-corrected chi connectivity index (χ2v) is 5.97. The molecule has 0 bridgehead atoms. The van der Waals surface area contributed by atoms with E-state index in [1.807, 2.05) is 24.3 Å². The van der Waals surface area contributed by atoms with Gasteiger partial charge >= 0.3 is 11.9 Å². The maximum atomic E-state index is 11.6. The molecular formula is C20H20O6. The maximum absolute atomic E-state index is 11.6. The quantitative estimate of drug-likeness (QED) is 0.618. The third-order valence-electron chi connectivity index (χ3n) is 4.10. The Balaban J connectivity index is 1.97. The highest BCUT2D eigenvalue weighted by Crippen LogP contribution is 2.44. The van der Waals surface area contributed by atoms with Gasteiger partial charge in [0.15, 0.2) is 12.2 Å². The molecule has 1 aliphatic rings. The fourth-order valence-electron chi connectivity index (χ4n) is 3.09. The SMILES string of the molecule is COC1c2ccccc2OC(c2ccc(OC(C)=O)cc2)C1OC(C)=O. The smallest absolute Gasteiger partial charge is 0.308 e. The Morgan fingerprint density at radius 2 is 1.65 bits per heavy atom. The molecule has 3 rings (SSSR count). The summed E-state index contributed by atoms with van der Waals surface area (Å²) in [5.41, 5.74) is 1.61. The molecule has 0 N–H and O–H groups in total. The molecule has 0 aromatic heterocycles. The van der Waals surface area contributed by atoms with Crippen LogP contribution in [0.3, 0.4) is 0 Å². The number of esters is 2. The summed E-state index contributed by atoms with van der Waals surface area (Å²) in [6, 6.07) is 14.4. The van der Waals surface area contributed by atoms with Crippen LogP contribution in [0.25, 0.3) is 0 Å². The number of ether oxygens (including phenoxy) is 4. The third-order valence-corrected chi connectivity index (χ3v) is 4.10. The van der Waals surface area contributed by atoms with E-state index in [2.05, 4.69) is 0 Å². The van der Waals surface area contributed by atoms with Crippen LogP contribution in [0.4, 0.5) is 0 Å². The van der Waals surface area contributed by atoms with E-state index in [0.29, 0.717) is 11.5 Å². The van der Waals surface area contributed by atoms with E-state index in [1.54, 1.807) is 31.4 Å². The van der Waals surface area contributed by atoms with Crippen LogP contribution in [-0.2, 0) is 19.1 Å². The number of methoxy groups -OCH3 is 1. The van der Waals surface area contributed by atoms with Crippen molar-refractivity contribution in [3.63, 3.8) is 0 Å². The van der Waals surface area contributed by atoms with Crippen molar-refractivity contribution in [1.29, 1.82) is 0 Å². The van der Waals surface area contributed by atoms with Crippen molar-refractivity contribution >= 4 is 11.9 Å². The zero-order chi connectivity index (χ0) is 18.7. The number of benzene rings is 2. The molecular weight excluding hydrogens is 336 g/mol. The van der Waals surface area contributed by atoms with Gasteiger partial charge in [0.25, 0.3) is 0 Å². The van der Waals surface area contributed by atoms with Gasteiger partial charge in [0, 0.05) is 26.5 Å². The van der Waals surface area contributed by atoms with Gasteiger partial charge in [0.1, 0.15) is 17.6 Å². The number of rotatable bonds is 4. The van der Waals surface area contributed by atoms with E-state index in [0.717, 1.165) is 11.1 Å². The van der Waals surface area contributed by atoms with E-state index in [-0.39, 0.29) is 0 Å². The Hall–Kier alpha value is -2.86. The summed E-state index contributed by atoms with van der Waals surface area (Å²) < 4.78 is 22.3. The average molecular weight is 356 g/mol. The summed E-state index contributed by atoms with van der Waals surface area (Å²) in [5, 5.41) is 0. The van der Waals surface area contributed by atoms with E-state index >= 15 is 0 Å². The molecule has 1 heterocycles. The summed E-state index contributed by atoms with van der Waals surface area (Å²) in [5.74, 6) is 0.306. The summed E-state index contributed by atoms with van der Waals surface area (Å²) in [7, 11) is 1.57. The first kappa shape index (κ1) is 17.9. The Bertz CT molecular complexity index is 798. The molecule has 2 aromatic rings. The van der Waals surface area contributed by atoms with Crippen LogP contribution in [0.15, 0.2) is 48.5 Å². The lowest BCUT2D eigenvalue weighted by Gasteiger charge is -2.38. The Morgan fingerprint density at radius 3 is 2.27 bits per heavy atom. The Kier molecular flexibility index (Phi) is 5.23. The first-order valence-electron chi connectivity index (χ1n) is 8.23. The zero-order valence-corrected chi connectivity index (χ0v) is 14.8. The molecule has 136 valence electrons. The van der Waals surface area contributed by atoms with Crippen molar-refractivity contribution in [3.05, 3.63) is 59.7 Å². The fourth-order valence-corrected chi connectivity index (χ4v) is 3.09. The van der Waals surface area contributed by atoms with Gasteiger partial charge in [-0.15, -0.1) is 0 Å². The van der Waals surface area contributed by atoms with Crippen LogP contribution in [0.5, 0.6) is 11.5 Å². The summed E-state index contributed by atoms with van der Waals surface area (Å²) in [4.78, 5) is 22.7. The van der Waals surface area contributed by atoms with Gasteiger partial charge in [-0.2, -0.15) is 0 Å². The Morgan fingerprint density at radius 1 is 0.962 bits per heavy atom. The lowest BCUT2D eigenvalue weighted by Crippen LogP contribution is -2.38. The monoisotopic (exact) mass is 356 g/mol. The molecule has 0 spiro atoms. The minimum atomic E-state index is -0.646. The van der Waals surface area contributed by atoms with E-state index in [1.165, 1.54) is 13.8 Å². The van der Waals surface area contributed by atoms with Gasteiger partial charge in [-0.05, 0) is 23.8 Å². The van der Waals surface area contributed by atoms with E-state index < -0.39 is 30.3 Å². The largest absolute Gasteiger partial charge is 0.481 e. The molecule has 0 fully saturated rings. The molecule has 1 aliphatic heterocycles. The van der Waals surface area contributed by atoms with E-state index in [4.69, 9.17) is 18.9 Å². The first-order chi connectivity index (χ1) is 12.5. The van der Waals surface area contributed by atoms with Crippen molar-refractivity contribution in [2.75, 3.05) is 7.11 Å². The van der Waals surface area contributed by atoms with Crippen molar-refractivity contribution in [2.24, 2.45) is 0 Å². The maximum Gasteiger partial charge on any atom is 0.308 e. The van der Waals surface area contributed by atoms with Crippen LogP contribution in [0, 0.1) is 0 Å². The number of carbonyl (C=O) groups is 2. The van der Waals surface area contributed by atoms with Gasteiger partial charge in [-0.1, -0.05) is 30.3 Å². The highest BCUT2D eigenvalue weighted by molar-refractivity contribution is 5.69. The average Bonchev–Trinajstić information content (AvgIpc) is 2.61. The minimum absolute atomic E-state index is 0.391. The molecule has 0 amide bonds. The van der Waals surface area contributed by atoms with Gasteiger partial charge in [0.05, 0.1) is 0 Å². The van der Waals surface area contributed by atoms with Crippen LogP contribution < -0.4 is 9.47 Å². The van der Waals surface area contributed by atoms with Gasteiger partial charge in [0.2, 0.25) is 0 Å². The second-order valence-electron chi connectivity index (χ2n) is 5.97. The number of hydrogen-bond acceptors (Lipinski definition) is 6. The molecule has 2 aromatic carbocycles. The van der Waals surface area contributed by atoms with Crippen LogP contribution in [0.1, 0.15) is 37.2 Å². The van der Waals surface area contributed by atoms with Gasteiger partial charge < -0.3 is 18.9 Å². The van der Waals surface area contributed by atoms with Crippen LogP contribution in [-0.4, -0.2) is 25.2 Å². The molecule has 0 radical (unpaired) electrons. The minimum Gasteiger partial charge on any atom is -0.481 e. The first-order valence-corrected chi connectivity index (χ1v) is 8.23. The molecule has 6 nitrogen and oxygen atoms in total. The normalized spacial score (nSPS) is 21.3. The highest BCUT2D eigenvalue weighted by atomic mass is 16.6. The molecule has 3 unspecified atom stereocenters. The molecule has 0 aliphatic carbocycles. The van der Waals surface area contributed by atoms with Gasteiger partial charge in [-0.3, -0.25) is 9.59 Å². The number of para-hydroxylation sites is 1. The summed E-state index contributed by atoms with van der Waals surface area (Å²) in [6.07, 6.45) is -1.65. The third kappa shape index (κ3) is 3.70. The van der Waals surface area contributed by atoms with E-state index in [9.17, 15) is 9.59 Å². The summed E-state index contributed by atoms with van der Waals surface area (Å²) >= 11 is 0. The summed E-state index contributed by atoms with van der Waals surface area (Å²) in [6.45, 7) is 2.70. The van der Waals surface area contributed by atoms with Crippen molar-refractivity contribution < 1.29 is 28.5 Å². The molecule has 6 heteroatoms. The molecule has 0 saturated carbocycles. The fraction of sp³-hybridized carbons (Fsp3) is 0.300. The van der Waals surface area contributed by atoms with Gasteiger partial charge in [-0.25, -0.2) is 0 Å².